The predicted octanol–water partition coefficient (Wildman–Crippen LogP) is 1.39. The fraction of sp³-hybridized carbons (Fsp3) is 0.533. The zero-order chi connectivity index (χ0) is 15.4. The summed E-state index contributed by atoms with van der Waals surface area (Å²) in [5.41, 5.74) is 5.61. The predicted molar refractivity (Wildman–Crippen MR) is 76.4 cm³/mol. The lowest BCUT2D eigenvalue weighted by Crippen LogP contribution is -2.51. The van der Waals surface area contributed by atoms with Crippen molar-refractivity contribution in [3.05, 3.63) is 35.4 Å². The number of benzene rings is 1. The average molecular weight is 297 g/mol. The van der Waals surface area contributed by atoms with Gasteiger partial charge in [0.25, 0.3) is 0 Å². The van der Waals surface area contributed by atoms with E-state index < -0.39 is 17.7 Å². The van der Waals surface area contributed by atoms with Gasteiger partial charge in [0.2, 0.25) is 5.91 Å². The van der Waals surface area contributed by atoms with Gasteiger partial charge in [-0.25, -0.2) is 8.78 Å². The van der Waals surface area contributed by atoms with Crippen LogP contribution in [0.3, 0.4) is 0 Å². The van der Waals surface area contributed by atoms with Gasteiger partial charge in [0.15, 0.2) is 0 Å². The Hall–Kier alpha value is -1.53. The number of halogens is 2. The van der Waals surface area contributed by atoms with Gasteiger partial charge >= 0.3 is 0 Å². The molecule has 0 radical (unpaired) electrons. The zero-order valence-electron chi connectivity index (χ0n) is 12.1. The fourth-order valence-electron chi connectivity index (χ4n) is 2.56. The van der Waals surface area contributed by atoms with E-state index in [0.717, 1.165) is 19.4 Å². The van der Waals surface area contributed by atoms with E-state index in [-0.39, 0.29) is 24.1 Å². The van der Waals surface area contributed by atoms with Crippen molar-refractivity contribution < 1.29 is 13.6 Å². The first kappa shape index (κ1) is 15.9. The van der Waals surface area contributed by atoms with E-state index in [2.05, 4.69) is 5.32 Å². The molecule has 21 heavy (non-hydrogen) atoms. The fourth-order valence-corrected chi connectivity index (χ4v) is 2.56. The Labute approximate surface area is 123 Å². The van der Waals surface area contributed by atoms with Crippen LogP contribution in [0.2, 0.25) is 0 Å². The molecule has 2 rings (SSSR count). The topological polar surface area (TPSA) is 58.4 Å². The minimum absolute atomic E-state index is 0.0212. The first-order chi connectivity index (χ1) is 9.97. The second-order valence-electron chi connectivity index (χ2n) is 5.57. The van der Waals surface area contributed by atoms with Crippen LogP contribution in [0.5, 0.6) is 0 Å². The van der Waals surface area contributed by atoms with Gasteiger partial charge in [-0.15, -0.1) is 0 Å². The summed E-state index contributed by atoms with van der Waals surface area (Å²) in [6.07, 6.45) is 1.73. The molecule has 0 aliphatic carbocycles. The maximum atomic E-state index is 13.7. The molecule has 3 N–H and O–H groups in total. The third kappa shape index (κ3) is 4.22. The van der Waals surface area contributed by atoms with Gasteiger partial charge in [0, 0.05) is 24.7 Å². The number of likely N-dealkylation sites (tertiary alicyclic amines) is 1. The summed E-state index contributed by atoms with van der Waals surface area (Å²) in [7, 11) is 0. The lowest BCUT2D eigenvalue weighted by molar-refractivity contribution is -0.123. The van der Waals surface area contributed by atoms with Gasteiger partial charge in [0.05, 0.1) is 6.04 Å². The smallest absolute Gasteiger partial charge is 0.236 e. The molecule has 2 atom stereocenters. The maximum Gasteiger partial charge on any atom is 0.236 e. The highest BCUT2D eigenvalue weighted by atomic mass is 19.1. The van der Waals surface area contributed by atoms with Crippen molar-refractivity contribution in [1.29, 1.82) is 0 Å². The van der Waals surface area contributed by atoms with Crippen molar-refractivity contribution in [1.82, 2.24) is 10.2 Å². The Bertz CT molecular complexity index is 487. The third-order valence-electron chi connectivity index (χ3n) is 3.71. The molecule has 1 heterocycles. The summed E-state index contributed by atoms with van der Waals surface area (Å²) in [6.45, 7) is 3.18. The molecule has 1 unspecified atom stereocenters. The van der Waals surface area contributed by atoms with Gasteiger partial charge in [-0.2, -0.15) is 0 Å². The van der Waals surface area contributed by atoms with Crippen molar-refractivity contribution in [2.24, 2.45) is 5.73 Å². The molecule has 6 heteroatoms. The second kappa shape index (κ2) is 6.95. The van der Waals surface area contributed by atoms with E-state index in [4.69, 9.17) is 5.73 Å². The maximum absolute atomic E-state index is 13.7. The minimum Gasteiger partial charge on any atom is -0.351 e. The zero-order valence-corrected chi connectivity index (χ0v) is 12.1. The van der Waals surface area contributed by atoms with Gasteiger partial charge < -0.3 is 11.1 Å². The summed E-state index contributed by atoms with van der Waals surface area (Å²) < 4.78 is 27.3. The van der Waals surface area contributed by atoms with Gasteiger partial charge in [-0.05, 0) is 38.4 Å². The van der Waals surface area contributed by atoms with Crippen LogP contribution >= 0.6 is 0 Å². The van der Waals surface area contributed by atoms with Gasteiger partial charge in [0.1, 0.15) is 11.6 Å². The molecule has 0 spiro atoms. The van der Waals surface area contributed by atoms with Crippen LogP contribution in [-0.2, 0) is 11.3 Å². The van der Waals surface area contributed by atoms with E-state index in [1.165, 1.54) is 18.2 Å². The quantitative estimate of drug-likeness (QED) is 0.883. The highest BCUT2D eigenvalue weighted by Crippen LogP contribution is 2.18. The minimum atomic E-state index is -0.551. The van der Waals surface area contributed by atoms with Gasteiger partial charge in [-0.1, -0.05) is 6.07 Å². The molecular formula is C15H21F2N3O. The number of nitrogens with one attached hydrogen (secondary N) is 1. The van der Waals surface area contributed by atoms with E-state index >= 15 is 0 Å². The number of carbonyl (C=O) groups is 1. The van der Waals surface area contributed by atoms with Crippen LogP contribution in [0.1, 0.15) is 25.3 Å². The van der Waals surface area contributed by atoms with Crippen molar-refractivity contribution in [2.45, 2.75) is 38.4 Å². The Morgan fingerprint density at radius 2 is 2.14 bits per heavy atom. The van der Waals surface area contributed by atoms with Crippen LogP contribution in [-0.4, -0.2) is 36.0 Å². The molecule has 0 aromatic heterocycles. The number of hydrogen-bond donors (Lipinski definition) is 2. The van der Waals surface area contributed by atoms with Gasteiger partial charge in [-0.3, -0.25) is 9.69 Å². The lowest BCUT2D eigenvalue weighted by atomic mass is 10.0. The largest absolute Gasteiger partial charge is 0.351 e. The monoisotopic (exact) mass is 297 g/mol. The highest BCUT2D eigenvalue weighted by molar-refractivity contribution is 5.81. The highest BCUT2D eigenvalue weighted by Gasteiger charge is 2.23. The molecule has 0 saturated carbocycles. The Morgan fingerprint density at radius 3 is 2.76 bits per heavy atom. The van der Waals surface area contributed by atoms with E-state index in [0.29, 0.717) is 6.54 Å². The van der Waals surface area contributed by atoms with Crippen LogP contribution in [0.4, 0.5) is 8.78 Å². The Kier molecular flexibility index (Phi) is 5.25. The summed E-state index contributed by atoms with van der Waals surface area (Å²) in [6, 6.07) is 3.31. The number of rotatable bonds is 4. The van der Waals surface area contributed by atoms with E-state index in [9.17, 15) is 13.6 Å². The number of hydrogen-bond acceptors (Lipinski definition) is 3. The summed E-state index contributed by atoms with van der Waals surface area (Å²) in [5, 5.41) is 2.87. The van der Waals surface area contributed by atoms with Crippen LogP contribution in [0.15, 0.2) is 18.2 Å². The molecule has 1 amide bonds. The van der Waals surface area contributed by atoms with Crippen LogP contribution < -0.4 is 11.1 Å². The number of amides is 1. The summed E-state index contributed by atoms with van der Waals surface area (Å²) in [4.78, 5) is 13.6. The Morgan fingerprint density at radius 1 is 1.48 bits per heavy atom. The van der Waals surface area contributed by atoms with Crippen molar-refractivity contribution >= 4 is 5.91 Å². The number of nitrogens with zero attached hydrogens (tertiary/aromatic N) is 1. The van der Waals surface area contributed by atoms with E-state index in [1.54, 1.807) is 6.92 Å². The van der Waals surface area contributed by atoms with Crippen molar-refractivity contribution in [3.63, 3.8) is 0 Å². The molecule has 1 aromatic carbocycles. The Balaban J connectivity index is 1.97. The first-order valence-electron chi connectivity index (χ1n) is 7.18. The number of nitrogens with two attached hydrogens (primary N) is 1. The molecule has 1 fully saturated rings. The van der Waals surface area contributed by atoms with E-state index in [1.807, 2.05) is 4.90 Å². The summed E-state index contributed by atoms with van der Waals surface area (Å²) in [5.74, 6) is -1.26. The SMILES string of the molecule is C[C@@H](N)C(=O)NC1CCCN(Cc2c(F)cccc2F)C1. The van der Waals surface area contributed by atoms with Crippen LogP contribution in [0, 0.1) is 11.6 Å². The second-order valence-corrected chi connectivity index (χ2v) is 5.57. The molecule has 1 aromatic rings. The molecule has 4 nitrogen and oxygen atoms in total. The normalized spacial score (nSPS) is 21.0. The average Bonchev–Trinajstić information content (AvgIpc) is 2.43. The summed E-state index contributed by atoms with van der Waals surface area (Å²) >= 11 is 0. The first-order valence-corrected chi connectivity index (χ1v) is 7.18. The third-order valence-corrected chi connectivity index (χ3v) is 3.71. The molecule has 1 saturated heterocycles. The molecule has 116 valence electrons. The molecular weight excluding hydrogens is 276 g/mol. The van der Waals surface area contributed by atoms with Crippen LogP contribution in [0.25, 0.3) is 0 Å². The molecule has 1 aliphatic heterocycles. The number of carbonyl (C=O) groups excluding carboxylic acids is 1. The lowest BCUT2D eigenvalue weighted by Gasteiger charge is -2.33. The molecule has 0 bridgehead atoms. The number of piperidine rings is 1. The standard InChI is InChI=1S/C15H21F2N3O/c1-10(18)15(21)19-11-4-3-7-20(8-11)9-12-13(16)5-2-6-14(12)17/h2,5-6,10-11H,3-4,7-9,18H2,1H3,(H,19,21)/t10-,11?/m1/s1. The molecule has 1 aliphatic rings. The van der Waals surface area contributed by atoms with Crippen molar-refractivity contribution in [3.8, 4) is 0 Å². The van der Waals surface area contributed by atoms with Crippen molar-refractivity contribution in [2.75, 3.05) is 13.1 Å².